The van der Waals surface area contributed by atoms with Gasteiger partial charge >= 0.3 is 0 Å². The van der Waals surface area contributed by atoms with Crippen molar-refractivity contribution in [3.63, 3.8) is 0 Å². The molecule has 94 valence electrons. The Labute approximate surface area is 111 Å². The number of aromatic nitrogens is 2. The van der Waals surface area contributed by atoms with Gasteiger partial charge in [-0.05, 0) is 0 Å². The van der Waals surface area contributed by atoms with Crippen LogP contribution in [0.25, 0.3) is 11.3 Å². The highest BCUT2D eigenvalue weighted by atomic mass is 35.5. The van der Waals surface area contributed by atoms with Crippen LogP contribution < -0.4 is 9.64 Å². The van der Waals surface area contributed by atoms with Crippen LogP contribution in [0.15, 0.2) is 30.3 Å². The molecule has 0 aliphatic carbocycles. The number of ether oxygens (including phenoxy) is 1. The molecule has 0 atom stereocenters. The van der Waals surface area contributed by atoms with E-state index in [1.165, 1.54) is 0 Å². The van der Waals surface area contributed by atoms with Crippen LogP contribution in [-0.4, -0.2) is 31.4 Å². The lowest BCUT2D eigenvalue weighted by atomic mass is 10.1. The largest absolute Gasteiger partial charge is 0.478 e. The molecule has 5 heteroatoms. The highest BCUT2D eigenvalue weighted by Crippen LogP contribution is 2.38. The van der Waals surface area contributed by atoms with Crippen LogP contribution in [0.5, 0.6) is 5.88 Å². The van der Waals surface area contributed by atoms with Gasteiger partial charge in [0.05, 0.1) is 12.1 Å². The fourth-order valence-corrected chi connectivity index (χ4v) is 2.10. The Morgan fingerprint density at radius 2 is 1.78 bits per heavy atom. The van der Waals surface area contributed by atoms with Gasteiger partial charge in [0.15, 0.2) is 0 Å². The molecule has 1 aromatic carbocycles. The van der Waals surface area contributed by atoms with Gasteiger partial charge < -0.3 is 9.64 Å². The summed E-state index contributed by atoms with van der Waals surface area (Å²) in [6.07, 6.45) is 0. The third-order valence-electron chi connectivity index (χ3n) is 2.55. The molecule has 2 aromatic rings. The Hall–Kier alpha value is -1.81. The summed E-state index contributed by atoms with van der Waals surface area (Å²) in [7, 11) is 5.33. The van der Waals surface area contributed by atoms with Crippen LogP contribution >= 0.6 is 11.6 Å². The Kier molecular flexibility index (Phi) is 3.67. The fourth-order valence-electron chi connectivity index (χ4n) is 1.70. The fraction of sp³-hybridized carbons (Fsp3) is 0.231. The van der Waals surface area contributed by atoms with Crippen molar-refractivity contribution in [2.24, 2.45) is 0 Å². The van der Waals surface area contributed by atoms with Crippen LogP contribution in [0.3, 0.4) is 0 Å². The lowest BCUT2D eigenvalue weighted by Crippen LogP contribution is -2.13. The van der Waals surface area contributed by atoms with Crippen molar-refractivity contribution in [2.45, 2.75) is 0 Å². The number of hydrogen-bond donors (Lipinski definition) is 0. The molecule has 0 saturated carbocycles. The predicted octanol–water partition coefficient (Wildman–Crippen LogP) is 2.87. The van der Waals surface area contributed by atoms with Crippen LogP contribution in [0.4, 0.5) is 5.69 Å². The maximum atomic E-state index is 6.40. The van der Waals surface area contributed by atoms with Crippen molar-refractivity contribution in [1.82, 2.24) is 10.2 Å². The Bertz CT molecular complexity index is 543. The molecule has 0 aliphatic heterocycles. The average molecular weight is 264 g/mol. The van der Waals surface area contributed by atoms with E-state index >= 15 is 0 Å². The minimum atomic E-state index is 0.421. The summed E-state index contributed by atoms with van der Waals surface area (Å²) in [6.45, 7) is 0. The van der Waals surface area contributed by atoms with Crippen molar-refractivity contribution < 1.29 is 4.74 Å². The van der Waals surface area contributed by atoms with Crippen molar-refractivity contribution in [3.05, 3.63) is 35.4 Å². The zero-order valence-electron chi connectivity index (χ0n) is 10.5. The molecule has 18 heavy (non-hydrogen) atoms. The van der Waals surface area contributed by atoms with Crippen LogP contribution in [0.2, 0.25) is 5.02 Å². The Balaban J connectivity index is 2.61. The maximum Gasteiger partial charge on any atom is 0.258 e. The van der Waals surface area contributed by atoms with E-state index in [2.05, 4.69) is 10.2 Å². The number of rotatable bonds is 3. The number of nitrogens with zero attached hydrogens (tertiary/aromatic N) is 3. The smallest absolute Gasteiger partial charge is 0.258 e. The van der Waals surface area contributed by atoms with E-state index in [4.69, 9.17) is 16.3 Å². The molecule has 0 aliphatic rings. The summed E-state index contributed by atoms with van der Waals surface area (Å²) in [6, 6.07) is 9.71. The van der Waals surface area contributed by atoms with Crippen molar-refractivity contribution in [2.75, 3.05) is 26.1 Å². The molecule has 0 radical (unpaired) electrons. The van der Waals surface area contributed by atoms with E-state index in [0.717, 1.165) is 11.3 Å². The van der Waals surface area contributed by atoms with E-state index in [1.54, 1.807) is 7.11 Å². The Morgan fingerprint density at radius 3 is 2.33 bits per heavy atom. The first kappa shape index (κ1) is 12.6. The zero-order valence-corrected chi connectivity index (χ0v) is 11.3. The first-order valence-electron chi connectivity index (χ1n) is 5.48. The molecule has 0 saturated heterocycles. The molecule has 0 N–H and O–H groups in total. The topological polar surface area (TPSA) is 38.3 Å². The van der Waals surface area contributed by atoms with Crippen molar-refractivity contribution >= 4 is 17.3 Å². The lowest BCUT2D eigenvalue weighted by Gasteiger charge is -2.18. The predicted molar refractivity (Wildman–Crippen MR) is 73.4 cm³/mol. The van der Waals surface area contributed by atoms with Gasteiger partial charge in [0, 0.05) is 19.7 Å². The van der Waals surface area contributed by atoms with Crippen LogP contribution in [-0.2, 0) is 0 Å². The first-order chi connectivity index (χ1) is 8.65. The lowest BCUT2D eigenvalue weighted by molar-refractivity contribution is 0.393. The van der Waals surface area contributed by atoms with Crippen molar-refractivity contribution in [1.29, 1.82) is 0 Å². The molecule has 0 unspecified atom stereocenters. The molecule has 0 bridgehead atoms. The van der Waals surface area contributed by atoms with Gasteiger partial charge in [-0.1, -0.05) is 41.9 Å². The normalized spacial score (nSPS) is 10.2. The summed E-state index contributed by atoms with van der Waals surface area (Å²) in [4.78, 5) is 1.86. The number of benzene rings is 1. The molecule has 0 fully saturated rings. The van der Waals surface area contributed by atoms with Gasteiger partial charge in [-0.15, -0.1) is 10.2 Å². The summed E-state index contributed by atoms with van der Waals surface area (Å²) < 4.78 is 5.18. The summed E-state index contributed by atoms with van der Waals surface area (Å²) >= 11 is 6.40. The highest BCUT2D eigenvalue weighted by Gasteiger charge is 2.18. The van der Waals surface area contributed by atoms with E-state index < -0.39 is 0 Å². The van der Waals surface area contributed by atoms with E-state index in [0.29, 0.717) is 16.6 Å². The van der Waals surface area contributed by atoms with Gasteiger partial charge in [-0.3, -0.25) is 0 Å². The SMILES string of the molecule is COc1nnc(-c2ccccc2)c(Cl)c1N(C)C. The van der Waals surface area contributed by atoms with Crippen LogP contribution in [0.1, 0.15) is 0 Å². The third kappa shape index (κ3) is 2.24. The average Bonchev–Trinajstić information content (AvgIpc) is 2.38. The van der Waals surface area contributed by atoms with E-state index in [1.807, 2.05) is 49.3 Å². The van der Waals surface area contributed by atoms with E-state index in [-0.39, 0.29) is 0 Å². The first-order valence-corrected chi connectivity index (χ1v) is 5.86. The second kappa shape index (κ2) is 5.23. The molecule has 1 heterocycles. The molecule has 1 aromatic heterocycles. The Morgan fingerprint density at radius 1 is 1.11 bits per heavy atom. The number of methoxy groups -OCH3 is 1. The van der Waals surface area contributed by atoms with Crippen molar-refractivity contribution in [3.8, 4) is 17.1 Å². The highest BCUT2D eigenvalue weighted by molar-refractivity contribution is 6.36. The third-order valence-corrected chi connectivity index (χ3v) is 2.91. The van der Waals surface area contributed by atoms with Gasteiger partial charge in [-0.25, -0.2) is 0 Å². The van der Waals surface area contributed by atoms with Gasteiger partial charge in [0.1, 0.15) is 11.4 Å². The van der Waals surface area contributed by atoms with Gasteiger partial charge in [-0.2, -0.15) is 0 Å². The second-order valence-corrected chi connectivity index (χ2v) is 4.36. The number of hydrogen-bond acceptors (Lipinski definition) is 4. The molecule has 0 spiro atoms. The minimum Gasteiger partial charge on any atom is -0.478 e. The second-order valence-electron chi connectivity index (χ2n) is 3.98. The number of anilines is 1. The molecule has 0 amide bonds. The van der Waals surface area contributed by atoms with Gasteiger partial charge in [0.2, 0.25) is 0 Å². The quantitative estimate of drug-likeness (QED) is 0.854. The molecular formula is C13H14ClN3O. The molecule has 4 nitrogen and oxygen atoms in total. The zero-order chi connectivity index (χ0) is 13.1. The summed E-state index contributed by atoms with van der Waals surface area (Å²) in [5.41, 5.74) is 2.32. The van der Waals surface area contributed by atoms with Crippen LogP contribution in [0, 0.1) is 0 Å². The maximum absolute atomic E-state index is 6.40. The summed E-state index contributed by atoms with van der Waals surface area (Å²) in [5.74, 6) is 0.421. The monoisotopic (exact) mass is 263 g/mol. The summed E-state index contributed by atoms with van der Waals surface area (Å²) in [5, 5.41) is 8.73. The minimum absolute atomic E-state index is 0.421. The standard InChI is InChI=1S/C13H14ClN3O/c1-17(2)12-10(14)11(15-16-13(12)18-3)9-7-5-4-6-8-9/h4-8H,1-3H3. The van der Waals surface area contributed by atoms with E-state index in [9.17, 15) is 0 Å². The number of halogens is 1. The molecule has 2 rings (SSSR count). The van der Waals surface area contributed by atoms with Gasteiger partial charge in [0.25, 0.3) is 5.88 Å². The molecular weight excluding hydrogens is 250 g/mol.